The second kappa shape index (κ2) is 8.70. The van der Waals surface area contributed by atoms with Crippen molar-refractivity contribution in [3.63, 3.8) is 0 Å². The van der Waals surface area contributed by atoms with Gasteiger partial charge in [0.2, 0.25) is 10.0 Å². The first-order valence-corrected chi connectivity index (χ1v) is 11.9. The smallest absolute Gasteiger partial charge is 0.254 e. The molecule has 1 N–H and O–H groups in total. The number of benzene rings is 1. The quantitative estimate of drug-likeness (QED) is 0.732. The number of amides is 1. The minimum absolute atomic E-state index is 0.0604. The van der Waals surface area contributed by atoms with Crippen LogP contribution in [0.25, 0.3) is 0 Å². The lowest BCUT2D eigenvalue weighted by atomic mass is 10.2. The van der Waals surface area contributed by atoms with Crippen molar-refractivity contribution < 1.29 is 22.7 Å². The van der Waals surface area contributed by atoms with Crippen LogP contribution >= 0.6 is 11.3 Å². The Morgan fingerprint density at radius 1 is 1.07 bits per heavy atom. The minimum atomic E-state index is -3.62. The third-order valence-corrected chi connectivity index (χ3v) is 7.11. The Morgan fingerprint density at radius 2 is 1.83 bits per heavy atom. The van der Waals surface area contributed by atoms with Crippen LogP contribution in [0.15, 0.2) is 39.9 Å². The van der Waals surface area contributed by atoms with Crippen molar-refractivity contribution in [3.8, 4) is 11.5 Å². The second-order valence-corrected chi connectivity index (χ2v) is 9.40. The van der Waals surface area contributed by atoms with Crippen LogP contribution in [-0.2, 0) is 10.0 Å². The summed E-state index contributed by atoms with van der Waals surface area (Å²) >= 11 is 1.51. The molecule has 8 nitrogen and oxygen atoms in total. The van der Waals surface area contributed by atoms with E-state index in [2.05, 4.69) is 9.62 Å². The van der Waals surface area contributed by atoms with Crippen molar-refractivity contribution in [1.82, 2.24) is 14.5 Å². The van der Waals surface area contributed by atoms with Crippen molar-refractivity contribution in [2.75, 3.05) is 52.5 Å². The number of sulfonamides is 1. The molecule has 1 amide bonds. The number of rotatable bonds is 6. The van der Waals surface area contributed by atoms with Crippen LogP contribution in [0.3, 0.4) is 0 Å². The van der Waals surface area contributed by atoms with E-state index >= 15 is 0 Å². The first-order chi connectivity index (χ1) is 14.0. The molecule has 1 saturated heterocycles. The van der Waals surface area contributed by atoms with Gasteiger partial charge in [-0.05, 0) is 23.6 Å². The molecule has 1 aromatic heterocycles. The molecule has 0 radical (unpaired) electrons. The number of hydrogen-bond donors (Lipinski definition) is 1. The van der Waals surface area contributed by atoms with Gasteiger partial charge in [-0.1, -0.05) is 0 Å². The number of fused-ring (bicyclic) bond motifs is 1. The maximum Gasteiger partial charge on any atom is 0.254 e. The molecule has 1 fully saturated rings. The molecule has 2 aromatic rings. The predicted molar refractivity (Wildman–Crippen MR) is 109 cm³/mol. The maximum atomic E-state index is 12.6. The minimum Gasteiger partial charge on any atom is -0.486 e. The highest BCUT2D eigenvalue weighted by atomic mass is 32.2. The van der Waals surface area contributed by atoms with E-state index in [1.165, 1.54) is 23.5 Å². The Labute approximate surface area is 174 Å². The van der Waals surface area contributed by atoms with E-state index in [0.29, 0.717) is 50.9 Å². The summed E-state index contributed by atoms with van der Waals surface area (Å²) in [6.07, 6.45) is 0. The topological polar surface area (TPSA) is 88.2 Å². The summed E-state index contributed by atoms with van der Waals surface area (Å²) in [4.78, 5) is 16.5. The molecule has 10 heteroatoms. The lowest BCUT2D eigenvalue weighted by molar-refractivity contribution is 0.0640. The van der Waals surface area contributed by atoms with Crippen LogP contribution in [0.5, 0.6) is 11.5 Å². The second-order valence-electron chi connectivity index (χ2n) is 6.85. The summed E-state index contributed by atoms with van der Waals surface area (Å²) in [6, 6.07) is 6.47. The van der Waals surface area contributed by atoms with Gasteiger partial charge in [0.1, 0.15) is 13.2 Å². The summed E-state index contributed by atoms with van der Waals surface area (Å²) in [6.45, 7) is 4.49. The van der Waals surface area contributed by atoms with Crippen molar-refractivity contribution in [1.29, 1.82) is 0 Å². The van der Waals surface area contributed by atoms with Crippen LogP contribution in [0.4, 0.5) is 0 Å². The highest BCUT2D eigenvalue weighted by Gasteiger charge is 2.23. The lowest BCUT2D eigenvalue weighted by Crippen LogP contribution is -2.50. The molecule has 4 rings (SSSR count). The third kappa shape index (κ3) is 4.72. The largest absolute Gasteiger partial charge is 0.486 e. The summed E-state index contributed by atoms with van der Waals surface area (Å²) in [5.74, 6) is 1.07. The number of nitrogens with one attached hydrogen (secondary N) is 1. The highest BCUT2D eigenvalue weighted by Crippen LogP contribution is 2.32. The average Bonchev–Trinajstić information content (AvgIpc) is 3.28. The Balaban J connectivity index is 1.25. The summed E-state index contributed by atoms with van der Waals surface area (Å²) in [5, 5.41) is 3.76. The number of ether oxygens (including phenoxy) is 2. The molecule has 29 heavy (non-hydrogen) atoms. The van der Waals surface area contributed by atoms with Gasteiger partial charge in [-0.2, -0.15) is 11.3 Å². The Bertz CT molecular complexity index is 954. The molecule has 0 aliphatic carbocycles. The zero-order valence-corrected chi connectivity index (χ0v) is 17.5. The van der Waals surface area contributed by atoms with Gasteiger partial charge in [-0.25, -0.2) is 13.1 Å². The first kappa shape index (κ1) is 20.1. The van der Waals surface area contributed by atoms with E-state index in [4.69, 9.17) is 9.47 Å². The van der Waals surface area contributed by atoms with Crippen molar-refractivity contribution in [2.45, 2.75) is 4.90 Å². The van der Waals surface area contributed by atoms with E-state index in [1.54, 1.807) is 6.07 Å². The summed E-state index contributed by atoms with van der Waals surface area (Å²) in [7, 11) is -3.62. The molecule has 3 heterocycles. The van der Waals surface area contributed by atoms with Gasteiger partial charge >= 0.3 is 0 Å². The predicted octanol–water partition coefficient (Wildman–Crippen LogP) is 1.26. The molecule has 0 atom stereocenters. The maximum absolute atomic E-state index is 12.6. The zero-order valence-electron chi connectivity index (χ0n) is 15.9. The van der Waals surface area contributed by atoms with Crippen LogP contribution in [0.1, 0.15) is 10.4 Å². The molecule has 156 valence electrons. The number of thiophene rings is 1. The molecule has 0 bridgehead atoms. The molecule has 2 aliphatic heterocycles. The fourth-order valence-electron chi connectivity index (χ4n) is 3.36. The molecule has 0 unspecified atom stereocenters. The molecule has 0 spiro atoms. The Morgan fingerprint density at radius 3 is 2.55 bits per heavy atom. The normalized spacial score (nSPS) is 17.3. The Kier molecular flexibility index (Phi) is 6.04. The van der Waals surface area contributed by atoms with E-state index in [1.807, 2.05) is 21.7 Å². The number of carbonyl (C=O) groups excluding carboxylic acids is 1. The fourth-order valence-corrected chi connectivity index (χ4v) is 5.02. The fraction of sp³-hybridized carbons (Fsp3) is 0.421. The first-order valence-electron chi connectivity index (χ1n) is 9.46. The van der Waals surface area contributed by atoms with Crippen LogP contribution in [0.2, 0.25) is 0 Å². The van der Waals surface area contributed by atoms with Gasteiger partial charge in [-0.3, -0.25) is 9.69 Å². The van der Waals surface area contributed by atoms with Crippen LogP contribution in [0, 0.1) is 0 Å². The van der Waals surface area contributed by atoms with Gasteiger partial charge in [0.25, 0.3) is 5.91 Å². The number of nitrogens with zero attached hydrogens (tertiary/aromatic N) is 2. The van der Waals surface area contributed by atoms with Crippen molar-refractivity contribution in [2.24, 2.45) is 0 Å². The van der Waals surface area contributed by atoms with Crippen molar-refractivity contribution >= 4 is 27.3 Å². The number of piperazine rings is 1. The highest BCUT2D eigenvalue weighted by molar-refractivity contribution is 7.89. The van der Waals surface area contributed by atoms with E-state index in [-0.39, 0.29) is 10.8 Å². The van der Waals surface area contributed by atoms with Gasteiger partial charge < -0.3 is 14.4 Å². The van der Waals surface area contributed by atoms with Crippen LogP contribution < -0.4 is 14.2 Å². The van der Waals surface area contributed by atoms with Gasteiger partial charge in [-0.15, -0.1) is 0 Å². The Hall–Kier alpha value is -2.14. The van der Waals surface area contributed by atoms with E-state index in [9.17, 15) is 13.2 Å². The van der Waals surface area contributed by atoms with Gasteiger partial charge in [0.15, 0.2) is 11.5 Å². The van der Waals surface area contributed by atoms with Gasteiger partial charge in [0, 0.05) is 50.7 Å². The molecular formula is C19H23N3O5S2. The molecule has 1 aromatic carbocycles. The zero-order chi connectivity index (χ0) is 20.3. The van der Waals surface area contributed by atoms with Crippen LogP contribution in [-0.4, -0.2) is 76.6 Å². The average molecular weight is 438 g/mol. The van der Waals surface area contributed by atoms with Crippen molar-refractivity contribution in [3.05, 3.63) is 40.6 Å². The number of hydrogen-bond acceptors (Lipinski definition) is 7. The van der Waals surface area contributed by atoms with E-state index < -0.39 is 10.0 Å². The number of carbonyl (C=O) groups is 1. The van der Waals surface area contributed by atoms with E-state index in [0.717, 1.165) is 18.7 Å². The summed E-state index contributed by atoms with van der Waals surface area (Å²) in [5.41, 5.74) is 0.732. The summed E-state index contributed by atoms with van der Waals surface area (Å²) < 4.78 is 38.6. The molecule has 0 saturated carbocycles. The third-order valence-electron chi connectivity index (χ3n) is 4.97. The lowest BCUT2D eigenvalue weighted by Gasteiger charge is -2.34. The SMILES string of the molecule is O=C(c1ccsc1)N1CCN(CCNS(=O)(=O)c2ccc3c(c2)OCCO3)CC1. The van der Waals surface area contributed by atoms with Gasteiger partial charge in [0.05, 0.1) is 10.5 Å². The molecule has 2 aliphatic rings. The molecular weight excluding hydrogens is 414 g/mol. The standard InChI is InChI=1S/C19H23N3O5S2/c23-19(15-3-12-28-14-15)22-8-6-21(7-9-22)5-4-20-29(24,25)16-1-2-17-18(13-16)27-11-10-26-17/h1-3,12-14,20H,4-11H2. The monoisotopic (exact) mass is 437 g/mol.